The zero-order valence-electron chi connectivity index (χ0n) is 10.1. The first-order valence-electron chi connectivity index (χ1n) is 5.64. The van der Waals surface area contributed by atoms with Crippen molar-refractivity contribution in [1.82, 2.24) is 15.5 Å². The normalized spacial score (nSPS) is 12.7. The number of nitrogens with zero attached hydrogens (tertiary/aromatic N) is 2. The summed E-state index contributed by atoms with van der Waals surface area (Å²) in [6.45, 7) is 4.86. The monoisotopic (exact) mass is 285 g/mol. The lowest BCUT2D eigenvalue weighted by molar-refractivity contribution is 0.590. The molecule has 0 saturated heterocycles. The Balaban J connectivity index is 2.35. The molecule has 1 heterocycles. The number of nitrogens with one attached hydrogen (secondary N) is 1. The summed E-state index contributed by atoms with van der Waals surface area (Å²) < 4.78 is 13.7. The van der Waals surface area contributed by atoms with Crippen molar-refractivity contribution in [1.29, 1.82) is 0 Å². The Morgan fingerprint density at radius 3 is 2.89 bits per heavy atom. The zero-order chi connectivity index (χ0) is 13.1. The number of aromatic nitrogens is 2. The van der Waals surface area contributed by atoms with Gasteiger partial charge >= 0.3 is 0 Å². The highest BCUT2D eigenvalue weighted by atomic mass is 35.5. The van der Waals surface area contributed by atoms with Crippen molar-refractivity contribution in [3.8, 4) is 10.6 Å². The predicted molar refractivity (Wildman–Crippen MR) is 72.4 cm³/mol. The van der Waals surface area contributed by atoms with Crippen LogP contribution in [-0.2, 0) is 0 Å². The SMILES string of the molecule is CCNC(C)c1nnc(-c2c(F)cccc2Cl)s1. The van der Waals surface area contributed by atoms with E-state index in [1.165, 1.54) is 17.4 Å². The molecule has 18 heavy (non-hydrogen) atoms. The van der Waals surface area contributed by atoms with E-state index < -0.39 is 0 Å². The first-order chi connectivity index (χ1) is 8.63. The van der Waals surface area contributed by atoms with Crippen LogP contribution in [0, 0.1) is 5.82 Å². The van der Waals surface area contributed by atoms with Gasteiger partial charge in [-0.3, -0.25) is 0 Å². The minimum atomic E-state index is -0.374. The number of hydrogen-bond donors (Lipinski definition) is 1. The standard InChI is InChI=1S/C12H13ClFN3S/c1-3-15-7(2)11-16-17-12(18-11)10-8(13)5-4-6-9(10)14/h4-7,15H,3H2,1-2H3. The molecule has 2 rings (SSSR count). The fraction of sp³-hybridized carbons (Fsp3) is 0.333. The topological polar surface area (TPSA) is 37.8 Å². The van der Waals surface area contributed by atoms with Gasteiger partial charge in [0.1, 0.15) is 10.8 Å². The predicted octanol–water partition coefficient (Wildman–Crippen LogP) is 3.67. The average Bonchev–Trinajstić information content (AvgIpc) is 2.78. The Morgan fingerprint density at radius 2 is 2.22 bits per heavy atom. The molecule has 1 aromatic carbocycles. The fourth-order valence-corrected chi connectivity index (χ4v) is 2.85. The van der Waals surface area contributed by atoms with Crippen LogP contribution in [0.3, 0.4) is 0 Å². The number of hydrogen-bond acceptors (Lipinski definition) is 4. The van der Waals surface area contributed by atoms with Gasteiger partial charge in [-0.2, -0.15) is 0 Å². The van der Waals surface area contributed by atoms with Crippen molar-refractivity contribution in [3.63, 3.8) is 0 Å². The van der Waals surface area contributed by atoms with Crippen LogP contribution < -0.4 is 5.32 Å². The molecule has 0 amide bonds. The maximum atomic E-state index is 13.7. The Bertz CT molecular complexity index is 524. The minimum Gasteiger partial charge on any atom is -0.308 e. The second kappa shape index (κ2) is 5.73. The molecule has 2 aromatic rings. The van der Waals surface area contributed by atoms with Gasteiger partial charge in [-0.05, 0) is 25.6 Å². The third-order valence-electron chi connectivity index (χ3n) is 2.50. The lowest BCUT2D eigenvalue weighted by Gasteiger charge is -2.06. The first kappa shape index (κ1) is 13.4. The van der Waals surface area contributed by atoms with Crippen LogP contribution in [0.5, 0.6) is 0 Å². The lowest BCUT2D eigenvalue weighted by atomic mass is 10.2. The maximum Gasteiger partial charge on any atom is 0.152 e. The molecule has 1 unspecified atom stereocenters. The molecule has 0 aliphatic carbocycles. The van der Waals surface area contributed by atoms with Gasteiger partial charge in [0.05, 0.1) is 16.6 Å². The van der Waals surface area contributed by atoms with Crippen molar-refractivity contribution in [2.75, 3.05) is 6.54 Å². The quantitative estimate of drug-likeness (QED) is 0.931. The van der Waals surface area contributed by atoms with E-state index in [4.69, 9.17) is 11.6 Å². The van der Waals surface area contributed by atoms with E-state index in [1.807, 2.05) is 13.8 Å². The summed E-state index contributed by atoms with van der Waals surface area (Å²) in [5.41, 5.74) is 0.326. The molecule has 0 aliphatic rings. The van der Waals surface area contributed by atoms with Crippen molar-refractivity contribution in [2.45, 2.75) is 19.9 Å². The first-order valence-corrected chi connectivity index (χ1v) is 6.84. The number of halogens is 2. The fourth-order valence-electron chi connectivity index (χ4n) is 1.61. The van der Waals surface area contributed by atoms with E-state index in [2.05, 4.69) is 15.5 Å². The van der Waals surface area contributed by atoms with Crippen molar-refractivity contribution < 1.29 is 4.39 Å². The van der Waals surface area contributed by atoms with Gasteiger partial charge in [-0.1, -0.05) is 35.9 Å². The summed E-state index contributed by atoms with van der Waals surface area (Å²) in [7, 11) is 0. The summed E-state index contributed by atoms with van der Waals surface area (Å²) in [6.07, 6.45) is 0. The Hall–Kier alpha value is -1.04. The van der Waals surface area contributed by atoms with Crippen LogP contribution in [0.1, 0.15) is 24.9 Å². The second-order valence-electron chi connectivity index (χ2n) is 3.82. The van der Waals surface area contributed by atoms with E-state index in [0.29, 0.717) is 15.6 Å². The van der Waals surface area contributed by atoms with Crippen LogP contribution in [0.2, 0.25) is 5.02 Å². The van der Waals surface area contributed by atoms with E-state index in [0.717, 1.165) is 11.6 Å². The minimum absolute atomic E-state index is 0.104. The summed E-state index contributed by atoms with van der Waals surface area (Å²) >= 11 is 7.35. The van der Waals surface area contributed by atoms with Crippen molar-refractivity contribution in [3.05, 3.63) is 34.0 Å². The molecule has 1 atom stereocenters. The highest BCUT2D eigenvalue weighted by Gasteiger charge is 2.17. The van der Waals surface area contributed by atoms with Crippen molar-refractivity contribution in [2.24, 2.45) is 0 Å². The van der Waals surface area contributed by atoms with Gasteiger partial charge < -0.3 is 5.32 Å². The molecule has 0 fully saturated rings. The van der Waals surface area contributed by atoms with Crippen LogP contribution in [-0.4, -0.2) is 16.7 Å². The van der Waals surface area contributed by atoms with E-state index in [9.17, 15) is 4.39 Å². The molecular weight excluding hydrogens is 273 g/mol. The van der Waals surface area contributed by atoms with Crippen LogP contribution >= 0.6 is 22.9 Å². The van der Waals surface area contributed by atoms with Gasteiger partial charge in [-0.25, -0.2) is 4.39 Å². The van der Waals surface area contributed by atoms with E-state index in [-0.39, 0.29) is 11.9 Å². The Morgan fingerprint density at radius 1 is 1.44 bits per heavy atom. The molecule has 0 saturated carbocycles. The molecule has 96 valence electrons. The molecule has 0 radical (unpaired) electrons. The summed E-state index contributed by atoms with van der Waals surface area (Å²) in [6, 6.07) is 4.70. The second-order valence-corrected chi connectivity index (χ2v) is 5.24. The number of rotatable bonds is 4. The Kier molecular flexibility index (Phi) is 4.27. The van der Waals surface area contributed by atoms with Crippen LogP contribution in [0.25, 0.3) is 10.6 Å². The van der Waals surface area contributed by atoms with Gasteiger partial charge in [0, 0.05) is 0 Å². The average molecular weight is 286 g/mol. The lowest BCUT2D eigenvalue weighted by Crippen LogP contribution is -2.17. The summed E-state index contributed by atoms with van der Waals surface area (Å²) in [5.74, 6) is -0.374. The highest BCUT2D eigenvalue weighted by Crippen LogP contribution is 2.33. The smallest absolute Gasteiger partial charge is 0.152 e. The van der Waals surface area contributed by atoms with Gasteiger partial charge in [0.15, 0.2) is 5.01 Å². The molecular formula is C12H13ClFN3S. The third-order valence-corrected chi connectivity index (χ3v) is 3.94. The molecule has 0 aliphatic heterocycles. The Labute approximate surface area is 114 Å². The molecule has 1 aromatic heterocycles. The van der Waals surface area contributed by atoms with Crippen LogP contribution in [0.4, 0.5) is 4.39 Å². The van der Waals surface area contributed by atoms with Crippen LogP contribution in [0.15, 0.2) is 18.2 Å². The number of benzene rings is 1. The molecule has 0 bridgehead atoms. The van der Waals surface area contributed by atoms with Gasteiger partial charge in [-0.15, -0.1) is 10.2 Å². The van der Waals surface area contributed by atoms with Crippen molar-refractivity contribution >= 4 is 22.9 Å². The molecule has 6 heteroatoms. The highest BCUT2D eigenvalue weighted by molar-refractivity contribution is 7.14. The largest absolute Gasteiger partial charge is 0.308 e. The molecule has 3 nitrogen and oxygen atoms in total. The molecule has 1 N–H and O–H groups in total. The third kappa shape index (κ3) is 2.68. The van der Waals surface area contributed by atoms with Gasteiger partial charge in [0.25, 0.3) is 0 Å². The van der Waals surface area contributed by atoms with Gasteiger partial charge in [0.2, 0.25) is 0 Å². The van der Waals surface area contributed by atoms with E-state index in [1.54, 1.807) is 12.1 Å². The summed E-state index contributed by atoms with van der Waals surface area (Å²) in [5, 5.41) is 13.0. The zero-order valence-corrected chi connectivity index (χ0v) is 11.6. The van der Waals surface area contributed by atoms with E-state index >= 15 is 0 Å². The maximum absolute atomic E-state index is 13.7. The molecule has 0 spiro atoms. The summed E-state index contributed by atoms with van der Waals surface area (Å²) in [4.78, 5) is 0.